The van der Waals surface area contributed by atoms with Crippen molar-refractivity contribution in [3.05, 3.63) is 89.5 Å². The van der Waals surface area contributed by atoms with Gasteiger partial charge in [-0.2, -0.15) is 0 Å². The molecule has 0 aliphatic heterocycles. The molecule has 0 saturated carbocycles. The Hall–Kier alpha value is -1.71. The Kier molecular flexibility index (Phi) is 6.10. The SMILES string of the molecule is COc1ccc(C[CH2][Ge]([Cl])([c]2ccc(C)cc2)[c]2ccc(C)cc2)cc1. The van der Waals surface area contributed by atoms with Gasteiger partial charge in [-0.25, -0.2) is 0 Å². The molecule has 3 heteroatoms. The monoisotopic (exact) mass is 426 g/mol. The summed E-state index contributed by atoms with van der Waals surface area (Å²) in [7, 11) is 9.16. The van der Waals surface area contributed by atoms with Crippen molar-refractivity contribution in [2.45, 2.75) is 25.5 Å². The number of rotatable bonds is 6. The number of methoxy groups -OCH3 is 1. The van der Waals surface area contributed by atoms with Gasteiger partial charge in [-0.15, -0.1) is 0 Å². The quantitative estimate of drug-likeness (QED) is 0.513. The van der Waals surface area contributed by atoms with Crippen LogP contribution < -0.4 is 13.5 Å². The minimum absolute atomic E-state index is 0.893. The summed E-state index contributed by atoms with van der Waals surface area (Å²) >= 11 is -2.93. The standard InChI is InChI=1S/C23H25ClGeO/c1-18-4-10-21(11-5-18)25(24,22-12-6-19(2)7-13-22)17-16-20-8-14-23(26-3)15-9-20/h4-15H,16-17H2,1-3H3. The van der Waals surface area contributed by atoms with Crippen LogP contribution in [0, 0.1) is 13.8 Å². The maximum absolute atomic E-state index is 7.47. The van der Waals surface area contributed by atoms with Gasteiger partial charge in [-0.05, 0) is 0 Å². The molecule has 0 atom stereocenters. The number of hydrogen-bond acceptors (Lipinski definition) is 1. The molecule has 0 unspecified atom stereocenters. The van der Waals surface area contributed by atoms with Crippen molar-refractivity contribution in [3.8, 4) is 5.75 Å². The van der Waals surface area contributed by atoms with Gasteiger partial charge in [-0.3, -0.25) is 0 Å². The van der Waals surface area contributed by atoms with Gasteiger partial charge in [0.2, 0.25) is 0 Å². The summed E-state index contributed by atoms with van der Waals surface area (Å²) in [6.07, 6.45) is 0.981. The molecule has 1 nitrogen and oxygen atoms in total. The second-order valence-corrected chi connectivity index (χ2v) is 17.1. The van der Waals surface area contributed by atoms with Crippen LogP contribution in [0.25, 0.3) is 0 Å². The van der Waals surface area contributed by atoms with Gasteiger partial charge in [0.05, 0.1) is 0 Å². The van der Waals surface area contributed by atoms with E-state index in [0.29, 0.717) is 0 Å². The Bertz CT molecular complexity index is 793. The maximum atomic E-state index is 7.47. The van der Waals surface area contributed by atoms with Crippen molar-refractivity contribution in [1.29, 1.82) is 0 Å². The Labute approximate surface area is 163 Å². The van der Waals surface area contributed by atoms with Crippen LogP contribution in [0.5, 0.6) is 5.75 Å². The van der Waals surface area contributed by atoms with Crippen LogP contribution in [0.15, 0.2) is 72.8 Å². The molecule has 0 bridgehead atoms. The number of benzene rings is 3. The van der Waals surface area contributed by atoms with Gasteiger partial charge >= 0.3 is 164 Å². The van der Waals surface area contributed by atoms with E-state index in [-0.39, 0.29) is 0 Å². The number of ether oxygens (including phenoxy) is 1. The third-order valence-electron chi connectivity index (χ3n) is 4.94. The number of aryl methyl sites for hydroxylation is 3. The Morgan fingerprint density at radius 1 is 0.731 bits per heavy atom. The molecule has 0 spiro atoms. The molecule has 0 aliphatic rings. The molecule has 0 amide bonds. The zero-order valence-electron chi connectivity index (χ0n) is 15.6. The van der Waals surface area contributed by atoms with Crippen LogP contribution in [0.1, 0.15) is 16.7 Å². The summed E-state index contributed by atoms with van der Waals surface area (Å²) in [4.78, 5) is 0. The van der Waals surface area contributed by atoms with E-state index in [1.165, 1.54) is 25.5 Å². The van der Waals surface area contributed by atoms with Crippen LogP contribution in [0.4, 0.5) is 0 Å². The average Bonchev–Trinajstić information content (AvgIpc) is 2.67. The summed E-state index contributed by atoms with van der Waals surface area (Å²) in [6.45, 7) is 4.24. The molecule has 0 heterocycles. The first kappa shape index (κ1) is 19.1. The van der Waals surface area contributed by atoms with Crippen LogP contribution in [0.3, 0.4) is 0 Å². The molecular weight excluding hydrogens is 400 g/mol. The fraction of sp³-hybridized carbons (Fsp3) is 0.217. The van der Waals surface area contributed by atoms with Crippen molar-refractivity contribution >= 4 is 31.1 Å². The molecule has 0 aliphatic carbocycles. The second kappa shape index (κ2) is 8.32. The van der Waals surface area contributed by atoms with Crippen molar-refractivity contribution < 1.29 is 4.74 Å². The van der Waals surface area contributed by atoms with Crippen LogP contribution in [0.2, 0.25) is 5.25 Å². The zero-order chi connectivity index (χ0) is 18.6. The van der Waals surface area contributed by atoms with Crippen molar-refractivity contribution in [2.75, 3.05) is 7.11 Å². The Morgan fingerprint density at radius 3 is 1.62 bits per heavy atom. The van der Waals surface area contributed by atoms with Gasteiger partial charge in [0.15, 0.2) is 0 Å². The molecule has 3 aromatic rings. The van der Waals surface area contributed by atoms with Crippen molar-refractivity contribution in [2.24, 2.45) is 0 Å². The molecule has 0 aromatic heterocycles. The molecule has 0 radical (unpaired) electrons. The molecule has 134 valence electrons. The molecule has 0 saturated heterocycles. The normalized spacial score (nSPS) is 11.4. The molecule has 3 aromatic carbocycles. The second-order valence-electron chi connectivity index (χ2n) is 6.88. The van der Waals surface area contributed by atoms with E-state index in [2.05, 4.69) is 74.5 Å². The fourth-order valence-electron chi connectivity index (χ4n) is 3.20. The van der Waals surface area contributed by atoms with E-state index in [0.717, 1.165) is 17.4 Å². The summed E-state index contributed by atoms with van der Waals surface area (Å²) in [6, 6.07) is 26.0. The topological polar surface area (TPSA) is 9.23 Å². The van der Waals surface area contributed by atoms with Crippen LogP contribution >= 0.6 is 10.0 Å². The number of halogens is 1. The van der Waals surface area contributed by atoms with Crippen molar-refractivity contribution in [3.63, 3.8) is 0 Å². The minimum atomic E-state index is -2.93. The van der Waals surface area contributed by atoms with Gasteiger partial charge in [0.1, 0.15) is 0 Å². The molecule has 26 heavy (non-hydrogen) atoms. The number of hydrogen-bond donors (Lipinski definition) is 0. The molecule has 0 N–H and O–H groups in total. The predicted molar refractivity (Wildman–Crippen MR) is 115 cm³/mol. The molecule has 0 fully saturated rings. The van der Waals surface area contributed by atoms with E-state index >= 15 is 0 Å². The van der Waals surface area contributed by atoms with Gasteiger partial charge in [0.25, 0.3) is 0 Å². The first-order valence-corrected chi connectivity index (χ1v) is 15.3. The third kappa shape index (κ3) is 4.33. The van der Waals surface area contributed by atoms with Crippen LogP contribution in [-0.4, -0.2) is 19.4 Å². The summed E-state index contributed by atoms with van der Waals surface area (Å²) in [5.41, 5.74) is 3.85. The zero-order valence-corrected chi connectivity index (χ0v) is 18.5. The summed E-state index contributed by atoms with van der Waals surface area (Å²) in [5.74, 6) is 0.893. The predicted octanol–water partition coefficient (Wildman–Crippen LogP) is 4.85. The van der Waals surface area contributed by atoms with Gasteiger partial charge in [-0.1, -0.05) is 0 Å². The van der Waals surface area contributed by atoms with Crippen LogP contribution in [-0.2, 0) is 6.42 Å². The van der Waals surface area contributed by atoms with E-state index in [1.54, 1.807) is 7.11 Å². The summed E-state index contributed by atoms with van der Waals surface area (Å²) < 4.78 is 7.92. The molecule has 3 rings (SSSR count). The van der Waals surface area contributed by atoms with Gasteiger partial charge < -0.3 is 0 Å². The van der Waals surface area contributed by atoms with E-state index in [1.807, 2.05) is 12.1 Å². The van der Waals surface area contributed by atoms with Gasteiger partial charge in [0, 0.05) is 0 Å². The first-order valence-electron chi connectivity index (χ1n) is 8.97. The Morgan fingerprint density at radius 2 is 1.19 bits per heavy atom. The fourth-order valence-corrected chi connectivity index (χ4v) is 11.2. The van der Waals surface area contributed by atoms with E-state index < -0.39 is 12.3 Å². The third-order valence-corrected chi connectivity index (χ3v) is 15.4. The van der Waals surface area contributed by atoms with E-state index in [4.69, 9.17) is 14.7 Å². The average molecular weight is 426 g/mol. The van der Waals surface area contributed by atoms with E-state index in [9.17, 15) is 0 Å². The van der Waals surface area contributed by atoms with Crippen molar-refractivity contribution in [1.82, 2.24) is 0 Å². The Balaban J connectivity index is 1.91. The molecular formula is C23H25ClGeO. The summed E-state index contributed by atoms with van der Waals surface area (Å²) in [5, 5.41) is 1.01. The first-order chi connectivity index (χ1) is 12.5.